The number of hydrogen-bond donors (Lipinski definition) is 0. The Balaban J connectivity index is 3.35. The van der Waals surface area contributed by atoms with E-state index in [4.69, 9.17) is 4.74 Å². The lowest BCUT2D eigenvalue weighted by molar-refractivity contribution is -0.0266. The Kier molecular flexibility index (Phi) is 14.9. The van der Waals surface area contributed by atoms with E-state index in [1.165, 1.54) is 89.9 Å². The summed E-state index contributed by atoms with van der Waals surface area (Å²) in [4.78, 5) is 0. The molecule has 0 aromatic carbocycles. The van der Waals surface area contributed by atoms with E-state index >= 15 is 0 Å². The quantitative estimate of drug-likeness (QED) is 0.272. The Morgan fingerprint density at radius 2 is 1.00 bits per heavy atom. The molecule has 0 amide bonds. The minimum Gasteiger partial charge on any atom is -0.376 e. The van der Waals surface area contributed by atoms with Crippen molar-refractivity contribution in [1.29, 1.82) is 0 Å². The monoisotopic (exact) mass is 298 g/mol. The molecule has 1 nitrogen and oxygen atoms in total. The molecule has 21 heavy (non-hydrogen) atoms. The highest BCUT2D eigenvalue weighted by Crippen LogP contribution is 2.20. The number of unbranched alkanes of at least 4 members (excludes halogenated alkanes) is 11. The van der Waals surface area contributed by atoms with Crippen LogP contribution in [0.5, 0.6) is 0 Å². The van der Waals surface area contributed by atoms with Gasteiger partial charge in [-0.1, -0.05) is 90.9 Å². The second-order valence-corrected chi connectivity index (χ2v) is 7.25. The van der Waals surface area contributed by atoms with Gasteiger partial charge in [0.15, 0.2) is 0 Å². The predicted octanol–water partition coefficient (Wildman–Crippen LogP) is 7.28. The van der Waals surface area contributed by atoms with Gasteiger partial charge in [0.2, 0.25) is 0 Å². The molecule has 0 spiro atoms. The van der Waals surface area contributed by atoms with Gasteiger partial charge in [-0.05, 0) is 26.7 Å². The molecule has 0 radical (unpaired) electrons. The van der Waals surface area contributed by atoms with E-state index in [-0.39, 0.29) is 5.60 Å². The van der Waals surface area contributed by atoms with Gasteiger partial charge in [0.05, 0.1) is 5.60 Å². The van der Waals surface area contributed by atoms with Gasteiger partial charge in [-0.15, -0.1) is 0 Å². The van der Waals surface area contributed by atoms with Crippen molar-refractivity contribution in [1.82, 2.24) is 0 Å². The number of ether oxygens (including phenoxy) is 1. The molecule has 0 rings (SSSR count). The van der Waals surface area contributed by atoms with E-state index in [1.807, 2.05) is 0 Å². The van der Waals surface area contributed by atoms with Crippen LogP contribution in [0.3, 0.4) is 0 Å². The molecule has 0 atom stereocenters. The second kappa shape index (κ2) is 14.9. The molecule has 0 aromatic rings. The normalized spacial score (nSPS) is 12.0. The largest absolute Gasteiger partial charge is 0.376 e. The lowest BCUT2D eigenvalue weighted by atomic mass is 9.99. The number of rotatable bonds is 16. The summed E-state index contributed by atoms with van der Waals surface area (Å²) in [5.74, 6) is 0. The Bertz CT molecular complexity index is 178. The van der Waals surface area contributed by atoms with Crippen LogP contribution in [-0.2, 0) is 4.74 Å². The van der Waals surface area contributed by atoms with Gasteiger partial charge in [-0.2, -0.15) is 0 Å². The zero-order chi connectivity index (χ0) is 15.8. The molecule has 0 saturated carbocycles. The first-order valence-electron chi connectivity index (χ1n) is 9.76. The highest BCUT2D eigenvalue weighted by molar-refractivity contribution is 4.68. The predicted molar refractivity (Wildman–Crippen MR) is 96.0 cm³/mol. The molecule has 128 valence electrons. The fourth-order valence-electron chi connectivity index (χ4n) is 2.81. The maximum atomic E-state index is 6.08. The maximum Gasteiger partial charge on any atom is 0.0626 e. The topological polar surface area (TPSA) is 9.23 Å². The zero-order valence-electron chi connectivity index (χ0n) is 15.5. The molecular formula is C20H42O. The molecule has 0 heterocycles. The van der Waals surface area contributed by atoms with Crippen LogP contribution in [0.2, 0.25) is 0 Å². The SMILES string of the molecule is CCCCCCCCCC(C)(C)OCCCCCCCC. The fraction of sp³-hybridized carbons (Fsp3) is 1.00. The molecule has 0 aromatic heterocycles. The van der Waals surface area contributed by atoms with Gasteiger partial charge in [-0.3, -0.25) is 0 Å². The van der Waals surface area contributed by atoms with Crippen molar-refractivity contribution in [3.8, 4) is 0 Å². The third-order valence-electron chi connectivity index (χ3n) is 4.37. The molecular weight excluding hydrogens is 256 g/mol. The van der Waals surface area contributed by atoms with Crippen LogP contribution in [0.1, 0.15) is 118 Å². The Morgan fingerprint density at radius 1 is 0.571 bits per heavy atom. The van der Waals surface area contributed by atoms with Crippen LogP contribution in [0.15, 0.2) is 0 Å². The molecule has 1 heteroatoms. The second-order valence-electron chi connectivity index (χ2n) is 7.25. The molecule has 0 bridgehead atoms. The van der Waals surface area contributed by atoms with Crippen LogP contribution in [-0.4, -0.2) is 12.2 Å². The maximum absolute atomic E-state index is 6.08. The van der Waals surface area contributed by atoms with E-state index in [2.05, 4.69) is 27.7 Å². The van der Waals surface area contributed by atoms with Crippen molar-refractivity contribution in [3.05, 3.63) is 0 Å². The molecule has 0 aliphatic rings. The van der Waals surface area contributed by atoms with E-state index in [9.17, 15) is 0 Å². The van der Waals surface area contributed by atoms with Gasteiger partial charge in [0, 0.05) is 6.61 Å². The summed E-state index contributed by atoms with van der Waals surface area (Å²) < 4.78 is 6.08. The first kappa shape index (κ1) is 21.0. The Hall–Kier alpha value is -0.0400. The highest BCUT2D eigenvalue weighted by Gasteiger charge is 2.17. The lowest BCUT2D eigenvalue weighted by Crippen LogP contribution is -2.24. The number of hydrogen-bond acceptors (Lipinski definition) is 1. The average molecular weight is 299 g/mol. The van der Waals surface area contributed by atoms with Crippen molar-refractivity contribution in [3.63, 3.8) is 0 Å². The lowest BCUT2D eigenvalue weighted by Gasteiger charge is -2.25. The molecule has 0 aliphatic heterocycles. The summed E-state index contributed by atoms with van der Waals surface area (Å²) in [7, 11) is 0. The van der Waals surface area contributed by atoms with Crippen LogP contribution in [0, 0.1) is 0 Å². The van der Waals surface area contributed by atoms with Gasteiger partial charge in [0.1, 0.15) is 0 Å². The third kappa shape index (κ3) is 16.2. The molecule has 0 unspecified atom stereocenters. The molecule has 0 N–H and O–H groups in total. The van der Waals surface area contributed by atoms with Crippen molar-refractivity contribution < 1.29 is 4.74 Å². The first-order valence-corrected chi connectivity index (χ1v) is 9.76. The first-order chi connectivity index (χ1) is 10.1. The summed E-state index contributed by atoms with van der Waals surface area (Å²) in [6.07, 6.45) is 19.0. The van der Waals surface area contributed by atoms with Gasteiger partial charge in [-0.25, -0.2) is 0 Å². The Morgan fingerprint density at radius 3 is 1.52 bits per heavy atom. The van der Waals surface area contributed by atoms with Gasteiger partial charge < -0.3 is 4.74 Å². The summed E-state index contributed by atoms with van der Waals surface area (Å²) in [5.41, 5.74) is 0.0901. The fourth-order valence-corrected chi connectivity index (χ4v) is 2.81. The molecule has 0 saturated heterocycles. The molecule has 0 fully saturated rings. The summed E-state index contributed by atoms with van der Waals surface area (Å²) in [5, 5.41) is 0. The summed E-state index contributed by atoms with van der Waals surface area (Å²) in [6, 6.07) is 0. The van der Waals surface area contributed by atoms with Crippen LogP contribution in [0.4, 0.5) is 0 Å². The van der Waals surface area contributed by atoms with Gasteiger partial charge in [0.25, 0.3) is 0 Å². The van der Waals surface area contributed by atoms with E-state index < -0.39 is 0 Å². The minimum atomic E-state index is 0.0901. The van der Waals surface area contributed by atoms with Crippen LogP contribution >= 0.6 is 0 Å². The summed E-state index contributed by atoms with van der Waals surface area (Å²) >= 11 is 0. The summed E-state index contributed by atoms with van der Waals surface area (Å²) in [6.45, 7) is 10.0. The van der Waals surface area contributed by atoms with Crippen LogP contribution < -0.4 is 0 Å². The average Bonchev–Trinajstić information content (AvgIpc) is 2.45. The van der Waals surface area contributed by atoms with Crippen LogP contribution in [0.25, 0.3) is 0 Å². The van der Waals surface area contributed by atoms with E-state index in [0.717, 1.165) is 6.61 Å². The van der Waals surface area contributed by atoms with Gasteiger partial charge >= 0.3 is 0 Å². The standard InChI is InChI=1S/C20H42O/c1-5-7-9-11-13-14-16-18-20(3,4)21-19-17-15-12-10-8-6-2/h5-19H2,1-4H3. The smallest absolute Gasteiger partial charge is 0.0626 e. The zero-order valence-corrected chi connectivity index (χ0v) is 15.5. The Labute approximate surface area is 135 Å². The van der Waals surface area contributed by atoms with E-state index in [1.54, 1.807) is 0 Å². The van der Waals surface area contributed by atoms with Crippen molar-refractivity contribution in [2.45, 2.75) is 123 Å². The van der Waals surface area contributed by atoms with Crippen molar-refractivity contribution >= 4 is 0 Å². The molecule has 0 aliphatic carbocycles. The highest BCUT2D eigenvalue weighted by atomic mass is 16.5. The van der Waals surface area contributed by atoms with Crippen molar-refractivity contribution in [2.75, 3.05) is 6.61 Å². The third-order valence-corrected chi connectivity index (χ3v) is 4.37. The van der Waals surface area contributed by atoms with E-state index in [0.29, 0.717) is 0 Å². The minimum absolute atomic E-state index is 0.0901. The van der Waals surface area contributed by atoms with Crippen molar-refractivity contribution in [2.24, 2.45) is 0 Å².